The summed E-state index contributed by atoms with van der Waals surface area (Å²) in [5, 5.41) is 0. The minimum atomic E-state index is -1.16. The summed E-state index contributed by atoms with van der Waals surface area (Å²) >= 11 is 0. The highest BCUT2D eigenvalue weighted by molar-refractivity contribution is 5.92. The number of ether oxygens (including phenoxy) is 6. The molecule has 1 aliphatic rings. The molecule has 0 bridgehead atoms. The highest BCUT2D eigenvalue weighted by Gasteiger charge is 2.50. The standard InChI is InChI=1S/C47H48O7/c1-2-3-4-17-28-40-29-18-19-30-41(40)46(48)54-47-45(52-34-39-26-15-8-16-27-39)44(51-33-38-24-13-7-14-25-38)43(50-32-37-22-11-6-12-23-37)42(53-47)35-49-31-36-20-9-5-10-21-36/h5-16,18-27,29-30,42-45,47H,2-4,31-35H2,1H3/t42-,43-,44+,45+,47?/m1/s1. The molecule has 5 atom stereocenters. The predicted molar refractivity (Wildman–Crippen MR) is 208 cm³/mol. The summed E-state index contributed by atoms with van der Waals surface area (Å²) in [4.78, 5) is 14.1. The monoisotopic (exact) mass is 724 g/mol. The van der Waals surface area contributed by atoms with Gasteiger partial charge >= 0.3 is 5.97 Å². The van der Waals surface area contributed by atoms with Crippen LogP contribution >= 0.6 is 0 Å². The van der Waals surface area contributed by atoms with E-state index in [4.69, 9.17) is 28.4 Å². The smallest absolute Gasteiger partial charge is 0.341 e. The molecule has 1 aliphatic heterocycles. The Morgan fingerprint density at radius 3 is 1.63 bits per heavy atom. The Morgan fingerprint density at radius 1 is 0.593 bits per heavy atom. The molecule has 0 aliphatic carbocycles. The predicted octanol–water partition coefficient (Wildman–Crippen LogP) is 9.08. The van der Waals surface area contributed by atoms with Crippen LogP contribution in [0.5, 0.6) is 0 Å². The number of esters is 1. The Labute approximate surface area is 319 Å². The van der Waals surface area contributed by atoms with Crippen LogP contribution in [-0.2, 0) is 54.8 Å². The van der Waals surface area contributed by atoms with Crippen molar-refractivity contribution in [1.82, 2.24) is 0 Å². The number of benzene rings is 5. The first-order chi connectivity index (χ1) is 26.7. The van der Waals surface area contributed by atoms with Gasteiger partial charge < -0.3 is 28.4 Å². The van der Waals surface area contributed by atoms with Gasteiger partial charge in [0.25, 0.3) is 0 Å². The maximum atomic E-state index is 14.1. The molecule has 0 radical (unpaired) electrons. The molecule has 54 heavy (non-hydrogen) atoms. The highest BCUT2D eigenvalue weighted by Crippen LogP contribution is 2.32. The molecule has 5 aromatic rings. The SMILES string of the molecule is CCCCC#Cc1ccccc1C(=O)OC1O[C@H](COCc2ccccc2)[C@@H](OCc2ccccc2)[C@H](OCc2ccccc2)[C@@H]1OCc1ccccc1. The average molecular weight is 725 g/mol. The van der Waals surface area contributed by atoms with Crippen molar-refractivity contribution in [3.63, 3.8) is 0 Å². The van der Waals surface area contributed by atoms with Crippen molar-refractivity contribution in [1.29, 1.82) is 0 Å². The topological polar surface area (TPSA) is 72.5 Å². The molecule has 5 aromatic carbocycles. The van der Waals surface area contributed by atoms with E-state index in [1.807, 2.05) is 133 Å². The van der Waals surface area contributed by atoms with E-state index < -0.39 is 36.7 Å². The van der Waals surface area contributed by atoms with E-state index in [0.29, 0.717) is 24.3 Å². The zero-order valence-corrected chi connectivity index (χ0v) is 30.8. The first-order valence-corrected chi connectivity index (χ1v) is 18.7. The second-order valence-electron chi connectivity index (χ2n) is 13.2. The van der Waals surface area contributed by atoms with E-state index in [1.165, 1.54) is 0 Å². The van der Waals surface area contributed by atoms with Crippen LogP contribution < -0.4 is 0 Å². The second kappa shape index (κ2) is 21.0. The van der Waals surface area contributed by atoms with Crippen LogP contribution in [0.3, 0.4) is 0 Å². The van der Waals surface area contributed by atoms with Crippen molar-refractivity contribution >= 4 is 5.97 Å². The molecule has 0 N–H and O–H groups in total. The largest absolute Gasteiger partial charge is 0.429 e. The third kappa shape index (κ3) is 11.5. The molecule has 1 fully saturated rings. The Hall–Kier alpha value is -5.07. The highest BCUT2D eigenvalue weighted by atomic mass is 16.7. The maximum absolute atomic E-state index is 14.1. The van der Waals surface area contributed by atoms with Crippen molar-refractivity contribution in [2.45, 2.75) is 83.3 Å². The van der Waals surface area contributed by atoms with Gasteiger partial charge in [-0.25, -0.2) is 4.79 Å². The molecule has 6 rings (SSSR count). The van der Waals surface area contributed by atoms with E-state index in [2.05, 4.69) is 18.8 Å². The summed E-state index contributed by atoms with van der Waals surface area (Å²) in [6, 6.07) is 46.9. The second-order valence-corrected chi connectivity index (χ2v) is 13.2. The van der Waals surface area contributed by atoms with Crippen LogP contribution in [0.2, 0.25) is 0 Å². The molecule has 1 unspecified atom stereocenters. The van der Waals surface area contributed by atoms with E-state index in [1.54, 1.807) is 12.1 Å². The van der Waals surface area contributed by atoms with Gasteiger partial charge in [0.2, 0.25) is 6.29 Å². The third-order valence-corrected chi connectivity index (χ3v) is 9.09. The number of hydrogen-bond acceptors (Lipinski definition) is 7. The molecule has 278 valence electrons. The van der Waals surface area contributed by atoms with Crippen LogP contribution in [0, 0.1) is 11.8 Å². The zero-order valence-electron chi connectivity index (χ0n) is 30.8. The number of carbonyl (C=O) groups excluding carboxylic acids is 1. The van der Waals surface area contributed by atoms with Crippen LogP contribution in [-0.4, -0.2) is 43.3 Å². The quantitative estimate of drug-likeness (QED) is 0.0538. The van der Waals surface area contributed by atoms with Crippen molar-refractivity contribution in [3.05, 3.63) is 179 Å². The van der Waals surface area contributed by atoms with E-state index in [9.17, 15) is 4.79 Å². The minimum absolute atomic E-state index is 0.151. The van der Waals surface area contributed by atoms with E-state index >= 15 is 0 Å². The van der Waals surface area contributed by atoms with Crippen molar-refractivity contribution < 1.29 is 33.2 Å². The normalized spacial score (nSPS) is 19.4. The lowest BCUT2D eigenvalue weighted by Crippen LogP contribution is -2.62. The van der Waals surface area contributed by atoms with Gasteiger partial charge in [0.1, 0.15) is 24.4 Å². The molecule has 1 saturated heterocycles. The van der Waals surface area contributed by atoms with E-state index in [-0.39, 0.29) is 19.8 Å². The lowest BCUT2D eigenvalue weighted by molar-refractivity contribution is -0.315. The molecular formula is C47H48O7. The Kier molecular flexibility index (Phi) is 15.0. The molecular weight excluding hydrogens is 677 g/mol. The molecule has 7 nitrogen and oxygen atoms in total. The van der Waals surface area contributed by atoms with Crippen molar-refractivity contribution in [3.8, 4) is 11.8 Å². The number of rotatable bonds is 17. The van der Waals surface area contributed by atoms with Gasteiger partial charge in [-0.15, -0.1) is 0 Å². The lowest BCUT2D eigenvalue weighted by Gasteiger charge is -2.45. The third-order valence-electron chi connectivity index (χ3n) is 9.09. The Balaban J connectivity index is 1.34. The molecule has 1 heterocycles. The summed E-state index contributed by atoms with van der Waals surface area (Å²) < 4.78 is 39.5. The summed E-state index contributed by atoms with van der Waals surface area (Å²) in [7, 11) is 0. The van der Waals surface area contributed by atoms with Crippen LogP contribution in [0.25, 0.3) is 0 Å². The number of unbranched alkanes of at least 4 members (excludes halogenated alkanes) is 2. The van der Waals surface area contributed by atoms with Gasteiger partial charge in [-0.1, -0.05) is 159 Å². The first-order valence-electron chi connectivity index (χ1n) is 18.7. The Morgan fingerprint density at radius 2 is 1.07 bits per heavy atom. The van der Waals surface area contributed by atoms with Crippen LogP contribution in [0.4, 0.5) is 0 Å². The minimum Gasteiger partial charge on any atom is -0.429 e. The molecule has 0 saturated carbocycles. The summed E-state index contributed by atoms with van der Waals surface area (Å²) in [5.74, 6) is 5.81. The Bertz CT molecular complexity index is 1890. The molecule has 0 spiro atoms. The fourth-order valence-corrected chi connectivity index (χ4v) is 6.20. The molecule has 0 amide bonds. The summed E-state index contributed by atoms with van der Waals surface area (Å²) in [6.07, 6.45) is -1.32. The van der Waals surface area contributed by atoms with Gasteiger partial charge in [-0.05, 0) is 40.8 Å². The van der Waals surface area contributed by atoms with Crippen molar-refractivity contribution in [2.75, 3.05) is 6.61 Å². The number of hydrogen-bond donors (Lipinski definition) is 0. The summed E-state index contributed by atoms with van der Waals surface area (Å²) in [6.45, 7) is 3.45. The fraction of sp³-hybridized carbons (Fsp3) is 0.298. The zero-order chi connectivity index (χ0) is 37.2. The first kappa shape index (κ1) is 38.6. The van der Waals surface area contributed by atoms with Crippen LogP contribution in [0.15, 0.2) is 146 Å². The van der Waals surface area contributed by atoms with Gasteiger partial charge in [-0.2, -0.15) is 0 Å². The average Bonchev–Trinajstić information content (AvgIpc) is 3.22. The summed E-state index contributed by atoms with van der Waals surface area (Å²) in [5.41, 5.74) is 4.90. The molecule has 0 aromatic heterocycles. The number of carbonyl (C=O) groups is 1. The molecule has 7 heteroatoms. The lowest BCUT2D eigenvalue weighted by atomic mass is 9.97. The van der Waals surface area contributed by atoms with Gasteiger partial charge in [-0.3, -0.25) is 0 Å². The van der Waals surface area contributed by atoms with Crippen molar-refractivity contribution in [2.24, 2.45) is 0 Å². The van der Waals surface area contributed by atoms with Gasteiger partial charge in [0.05, 0.1) is 38.6 Å². The van der Waals surface area contributed by atoms with Gasteiger partial charge in [0, 0.05) is 12.0 Å². The van der Waals surface area contributed by atoms with Crippen LogP contribution in [0.1, 0.15) is 64.4 Å². The fourth-order valence-electron chi connectivity index (χ4n) is 6.20. The maximum Gasteiger partial charge on any atom is 0.341 e. The van der Waals surface area contributed by atoms with Gasteiger partial charge in [0.15, 0.2) is 0 Å². The van der Waals surface area contributed by atoms with E-state index in [0.717, 1.165) is 41.5 Å².